The van der Waals surface area contributed by atoms with E-state index in [9.17, 15) is 0 Å². The van der Waals surface area contributed by atoms with Crippen LogP contribution < -0.4 is 0 Å². The lowest BCUT2D eigenvalue weighted by Gasteiger charge is -2.35. The van der Waals surface area contributed by atoms with Crippen LogP contribution in [0.4, 0.5) is 0 Å². The van der Waals surface area contributed by atoms with Crippen molar-refractivity contribution in [3.63, 3.8) is 0 Å². The van der Waals surface area contributed by atoms with E-state index in [0.717, 1.165) is 17.9 Å². The maximum absolute atomic E-state index is 3.66. The van der Waals surface area contributed by atoms with Crippen molar-refractivity contribution >= 4 is 15.9 Å². The van der Waals surface area contributed by atoms with Crippen molar-refractivity contribution in [2.45, 2.75) is 45.7 Å². The Morgan fingerprint density at radius 2 is 2.12 bits per heavy atom. The lowest BCUT2D eigenvalue weighted by molar-refractivity contribution is 0.156. The summed E-state index contributed by atoms with van der Waals surface area (Å²) in [7, 11) is 0. The molecule has 0 spiro atoms. The van der Waals surface area contributed by atoms with Gasteiger partial charge in [0, 0.05) is 17.9 Å². The van der Waals surface area contributed by atoms with Crippen LogP contribution in [0.25, 0.3) is 0 Å². The SMILES string of the molecule is Cc1ccc(C)c(CN2CCCCC2CBr)c1. The second-order valence-electron chi connectivity index (χ2n) is 5.20. The van der Waals surface area contributed by atoms with Crippen molar-refractivity contribution in [3.8, 4) is 0 Å². The minimum Gasteiger partial charge on any atom is -0.295 e. The molecule has 2 heteroatoms. The highest BCUT2D eigenvalue weighted by atomic mass is 79.9. The smallest absolute Gasteiger partial charge is 0.0239 e. The number of alkyl halides is 1. The number of hydrogen-bond donors (Lipinski definition) is 0. The fraction of sp³-hybridized carbons (Fsp3) is 0.600. The summed E-state index contributed by atoms with van der Waals surface area (Å²) >= 11 is 3.66. The second-order valence-corrected chi connectivity index (χ2v) is 5.85. The van der Waals surface area contributed by atoms with Crippen LogP contribution in [0.3, 0.4) is 0 Å². The van der Waals surface area contributed by atoms with Crippen molar-refractivity contribution < 1.29 is 0 Å². The molecule has 2 rings (SSSR count). The number of benzene rings is 1. The van der Waals surface area contributed by atoms with Crippen LogP contribution in [0.1, 0.15) is 36.0 Å². The largest absolute Gasteiger partial charge is 0.295 e. The lowest BCUT2D eigenvalue weighted by atomic mass is 10.0. The minimum absolute atomic E-state index is 0.726. The molecule has 1 aliphatic heterocycles. The Kier molecular flexibility index (Phi) is 4.63. The molecule has 1 fully saturated rings. The molecule has 1 saturated heterocycles. The third-order valence-corrected chi connectivity index (χ3v) is 4.55. The van der Waals surface area contributed by atoms with Gasteiger partial charge in [-0.05, 0) is 44.4 Å². The monoisotopic (exact) mass is 295 g/mol. The Hall–Kier alpha value is -0.340. The van der Waals surface area contributed by atoms with E-state index < -0.39 is 0 Å². The highest BCUT2D eigenvalue weighted by Gasteiger charge is 2.21. The molecule has 0 N–H and O–H groups in total. The Labute approximate surface area is 113 Å². The second kappa shape index (κ2) is 6.01. The normalized spacial score (nSPS) is 21.7. The molecule has 0 aromatic heterocycles. The summed E-state index contributed by atoms with van der Waals surface area (Å²) in [6.45, 7) is 6.77. The third-order valence-electron chi connectivity index (χ3n) is 3.81. The fourth-order valence-corrected chi connectivity index (χ4v) is 3.37. The molecule has 1 aromatic carbocycles. The zero-order valence-corrected chi connectivity index (χ0v) is 12.5. The molecule has 17 heavy (non-hydrogen) atoms. The molecule has 1 atom stereocenters. The molecule has 1 heterocycles. The van der Waals surface area contributed by atoms with E-state index >= 15 is 0 Å². The molecule has 1 nitrogen and oxygen atoms in total. The van der Waals surface area contributed by atoms with E-state index in [2.05, 4.69) is 52.9 Å². The molecule has 1 aromatic rings. The molecule has 0 bridgehead atoms. The summed E-state index contributed by atoms with van der Waals surface area (Å²) in [5.74, 6) is 0. The van der Waals surface area contributed by atoms with E-state index in [4.69, 9.17) is 0 Å². The van der Waals surface area contributed by atoms with E-state index in [1.807, 2.05) is 0 Å². The Balaban J connectivity index is 2.10. The first-order valence-corrected chi connectivity index (χ1v) is 7.69. The van der Waals surface area contributed by atoms with Crippen LogP contribution >= 0.6 is 15.9 Å². The van der Waals surface area contributed by atoms with Gasteiger partial charge in [0.05, 0.1) is 0 Å². The van der Waals surface area contributed by atoms with Gasteiger partial charge in [0.15, 0.2) is 0 Å². The van der Waals surface area contributed by atoms with Gasteiger partial charge >= 0.3 is 0 Å². The Morgan fingerprint density at radius 1 is 1.29 bits per heavy atom. The number of halogens is 1. The molecule has 0 amide bonds. The van der Waals surface area contributed by atoms with Gasteiger partial charge in [-0.3, -0.25) is 4.90 Å². The Morgan fingerprint density at radius 3 is 2.88 bits per heavy atom. The first-order chi connectivity index (χ1) is 8.20. The lowest BCUT2D eigenvalue weighted by Crippen LogP contribution is -2.40. The number of aryl methyl sites for hydroxylation is 2. The third kappa shape index (κ3) is 3.32. The zero-order valence-electron chi connectivity index (χ0n) is 10.9. The van der Waals surface area contributed by atoms with Crippen molar-refractivity contribution in [1.29, 1.82) is 0 Å². The summed E-state index contributed by atoms with van der Waals surface area (Å²) in [6, 6.07) is 7.52. The van der Waals surface area contributed by atoms with Crippen LogP contribution in [-0.2, 0) is 6.54 Å². The molecular weight excluding hydrogens is 274 g/mol. The first-order valence-electron chi connectivity index (χ1n) is 6.57. The standard InChI is InChI=1S/C15H22BrN/c1-12-6-7-13(2)14(9-12)11-17-8-4-3-5-15(17)10-16/h6-7,9,15H,3-5,8,10-11H2,1-2H3. The molecule has 1 aliphatic rings. The van der Waals surface area contributed by atoms with Crippen molar-refractivity contribution in [2.75, 3.05) is 11.9 Å². The molecule has 94 valence electrons. The molecule has 0 aliphatic carbocycles. The van der Waals surface area contributed by atoms with Crippen molar-refractivity contribution in [2.24, 2.45) is 0 Å². The quantitative estimate of drug-likeness (QED) is 0.761. The van der Waals surface area contributed by atoms with Gasteiger partial charge < -0.3 is 0 Å². The van der Waals surface area contributed by atoms with Gasteiger partial charge in [-0.25, -0.2) is 0 Å². The average molecular weight is 296 g/mol. The number of likely N-dealkylation sites (tertiary alicyclic amines) is 1. The Bertz CT molecular complexity index is 375. The number of rotatable bonds is 3. The predicted molar refractivity (Wildman–Crippen MR) is 77.8 cm³/mol. The zero-order chi connectivity index (χ0) is 12.3. The minimum atomic E-state index is 0.726. The topological polar surface area (TPSA) is 3.24 Å². The van der Waals surface area contributed by atoms with Crippen LogP contribution in [0.15, 0.2) is 18.2 Å². The highest BCUT2D eigenvalue weighted by molar-refractivity contribution is 9.09. The first kappa shape index (κ1) is 13.1. The summed E-state index contributed by atoms with van der Waals surface area (Å²) in [6.07, 6.45) is 4.09. The molecule has 0 radical (unpaired) electrons. The number of piperidine rings is 1. The number of hydrogen-bond acceptors (Lipinski definition) is 1. The molecule has 0 saturated carbocycles. The van der Waals surface area contributed by atoms with Gasteiger partial charge in [-0.15, -0.1) is 0 Å². The summed E-state index contributed by atoms with van der Waals surface area (Å²) in [5, 5.41) is 1.11. The van der Waals surface area contributed by atoms with Gasteiger partial charge in [0.2, 0.25) is 0 Å². The van der Waals surface area contributed by atoms with Crippen molar-refractivity contribution in [1.82, 2.24) is 4.90 Å². The van der Waals surface area contributed by atoms with Crippen LogP contribution in [0, 0.1) is 13.8 Å². The van der Waals surface area contributed by atoms with E-state index in [1.54, 1.807) is 0 Å². The highest BCUT2D eigenvalue weighted by Crippen LogP contribution is 2.22. The van der Waals surface area contributed by atoms with Gasteiger partial charge in [-0.2, -0.15) is 0 Å². The predicted octanol–water partition coefficient (Wildman–Crippen LogP) is 4.05. The molecular formula is C15H22BrN. The van der Waals surface area contributed by atoms with Gasteiger partial charge in [0.25, 0.3) is 0 Å². The van der Waals surface area contributed by atoms with Crippen molar-refractivity contribution in [3.05, 3.63) is 34.9 Å². The van der Waals surface area contributed by atoms with Crippen LogP contribution in [0.2, 0.25) is 0 Å². The van der Waals surface area contributed by atoms with Gasteiger partial charge in [-0.1, -0.05) is 46.1 Å². The summed E-state index contributed by atoms with van der Waals surface area (Å²) in [4.78, 5) is 2.64. The maximum Gasteiger partial charge on any atom is 0.0239 e. The summed E-state index contributed by atoms with van der Waals surface area (Å²) in [5.41, 5.74) is 4.30. The fourth-order valence-electron chi connectivity index (χ4n) is 2.63. The van der Waals surface area contributed by atoms with E-state index in [0.29, 0.717) is 0 Å². The maximum atomic E-state index is 3.66. The van der Waals surface area contributed by atoms with Crippen LogP contribution in [-0.4, -0.2) is 22.8 Å². The molecule has 1 unspecified atom stereocenters. The van der Waals surface area contributed by atoms with E-state index in [1.165, 1.54) is 42.5 Å². The number of nitrogens with zero attached hydrogens (tertiary/aromatic N) is 1. The summed E-state index contributed by atoms with van der Waals surface area (Å²) < 4.78 is 0. The average Bonchev–Trinajstić information content (AvgIpc) is 2.34. The van der Waals surface area contributed by atoms with Gasteiger partial charge in [0.1, 0.15) is 0 Å². The van der Waals surface area contributed by atoms with Crippen LogP contribution in [0.5, 0.6) is 0 Å². The van der Waals surface area contributed by atoms with E-state index in [-0.39, 0.29) is 0 Å².